The van der Waals surface area contributed by atoms with E-state index >= 15 is 0 Å². The van der Waals surface area contributed by atoms with Gasteiger partial charge in [-0.15, -0.1) is 11.8 Å². The fraction of sp³-hybridized carbons (Fsp3) is 0.188. The number of carbonyl (C=O) groups excluding carboxylic acids is 1. The third-order valence-electron chi connectivity index (χ3n) is 2.91. The third kappa shape index (κ3) is 5.11. The predicted octanol–water partition coefficient (Wildman–Crippen LogP) is 3.55. The molecule has 0 heterocycles. The highest BCUT2D eigenvalue weighted by Crippen LogP contribution is 2.19. The largest absolute Gasteiger partial charge is 0.355 e. The molecule has 0 aliphatic heterocycles. The van der Waals surface area contributed by atoms with E-state index in [9.17, 15) is 18.0 Å². The molecule has 0 aliphatic carbocycles. The van der Waals surface area contributed by atoms with Crippen LogP contribution in [0, 0.1) is 17.5 Å². The van der Waals surface area contributed by atoms with Crippen molar-refractivity contribution in [2.24, 2.45) is 0 Å². The van der Waals surface area contributed by atoms with Crippen molar-refractivity contribution in [3.05, 3.63) is 65.5 Å². The van der Waals surface area contributed by atoms with Crippen molar-refractivity contribution in [3.63, 3.8) is 0 Å². The molecule has 0 spiro atoms. The number of nitrogens with one attached hydrogen (secondary N) is 1. The van der Waals surface area contributed by atoms with Gasteiger partial charge in [0, 0.05) is 11.4 Å². The Morgan fingerprint density at radius 3 is 2.41 bits per heavy atom. The summed E-state index contributed by atoms with van der Waals surface area (Å²) in [5, 5.41) is 2.72. The van der Waals surface area contributed by atoms with Crippen molar-refractivity contribution in [2.45, 2.75) is 11.3 Å². The summed E-state index contributed by atoms with van der Waals surface area (Å²) in [5.41, 5.74) is 0.926. The van der Waals surface area contributed by atoms with E-state index in [4.69, 9.17) is 0 Å². The monoisotopic (exact) mass is 325 g/mol. The molecule has 2 rings (SSSR count). The smallest absolute Gasteiger partial charge is 0.230 e. The zero-order valence-electron chi connectivity index (χ0n) is 11.6. The SMILES string of the molecule is O=C(CSc1ccc(F)c(F)c1)NCCc1ccc(F)cc1. The first-order valence-corrected chi connectivity index (χ1v) is 7.62. The fourth-order valence-electron chi connectivity index (χ4n) is 1.76. The van der Waals surface area contributed by atoms with E-state index in [0.29, 0.717) is 17.9 Å². The molecule has 0 aliphatic rings. The maximum absolute atomic E-state index is 13.0. The first-order chi connectivity index (χ1) is 10.5. The second-order valence-electron chi connectivity index (χ2n) is 4.59. The number of hydrogen-bond acceptors (Lipinski definition) is 2. The zero-order chi connectivity index (χ0) is 15.9. The summed E-state index contributed by atoms with van der Waals surface area (Å²) in [6.07, 6.45) is 0.599. The van der Waals surface area contributed by atoms with Crippen LogP contribution >= 0.6 is 11.8 Å². The van der Waals surface area contributed by atoms with Crippen LogP contribution in [0.25, 0.3) is 0 Å². The van der Waals surface area contributed by atoms with Gasteiger partial charge in [0.2, 0.25) is 5.91 Å². The number of halogens is 3. The number of thioether (sulfide) groups is 1. The standard InChI is InChI=1S/C16H14F3NOS/c17-12-3-1-11(2-4-12)7-8-20-16(21)10-22-13-5-6-14(18)15(19)9-13/h1-6,9H,7-8,10H2,(H,20,21). The molecule has 2 aromatic rings. The molecular formula is C16H14F3NOS. The second-order valence-corrected chi connectivity index (χ2v) is 5.64. The van der Waals surface area contributed by atoms with Crippen molar-refractivity contribution in [1.29, 1.82) is 0 Å². The summed E-state index contributed by atoms with van der Waals surface area (Å²) >= 11 is 1.13. The minimum absolute atomic E-state index is 0.120. The molecule has 2 aromatic carbocycles. The van der Waals surface area contributed by atoms with Crippen LogP contribution in [-0.4, -0.2) is 18.2 Å². The number of carbonyl (C=O) groups is 1. The summed E-state index contributed by atoms with van der Waals surface area (Å²) in [4.78, 5) is 12.1. The highest BCUT2D eigenvalue weighted by molar-refractivity contribution is 8.00. The molecule has 0 fully saturated rings. The normalized spacial score (nSPS) is 10.5. The van der Waals surface area contributed by atoms with Gasteiger partial charge < -0.3 is 5.32 Å². The molecule has 0 radical (unpaired) electrons. The number of hydrogen-bond donors (Lipinski definition) is 1. The van der Waals surface area contributed by atoms with Gasteiger partial charge in [-0.05, 0) is 42.3 Å². The molecule has 0 unspecified atom stereocenters. The van der Waals surface area contributed by atoms with E-state index in [1.165, 1.54) is 18.2 Å². The van der Waals surface area contributed by atoms with Gasteiger partial charge in [0.1, 0.15) is 5.82 Å². The molecule has 0 atom stereocenters. The molecule has 116 valence electrons. The van der Waals surface area contributed by atoms with Gasteiger partial charge in [-0.3, -0.25) is 4.79 Å². The van der Waals surface area contributed by atoms with Crippen LogP contribution in [0.15, 0.2) is 47.4 Å². The van der Waals surface area contributed by atoms with E-state index in [-0.39, 0.29) is 17.5 Å². The van der Waals surface area contributed by atoms with Crippen LogP contribution in [-0.2, 0) is 11.2 Å². The van der Waals surface area contributed by atoms with Gasteiger partial charge in [-0.1, -0.05) is 12.1 Å². The summed E-state index contributed by atoms with van der Waals surface area (Å²) in [7, 11) is 0. The molecule has 0 saturated carbocycles. The molecular weight excluding hydrogens is 311 g/mol. The van der Waals surface area contributed by atoms with Crippen LogP contribution in [0.5, 0.6) is 0 Å². The van der Waals surface area contributed by atoms with E-state index < -0.39 is 11.6 Å². The van der Waals surface area contributed by atoms with Gasteiger partial charge in [-0.2, -0.15) is 0 Å². The summed E-state index contributed by atoms with van der Waals surface area (Å²) < 4.78 is 38.5. The summed E-state index contributed by atoms with van der Waals surface area (Å²) in [5.74, 6) is -2.21. The molecule has 6 heteroatoms. The minimum atomic E-state index is -0.929. The first-order valence-electron chi connectivity index (χ1n) is 6.63. The quantitative estimate of drug-likeness (QED) is 0.823. The average molecular weight is 325 g/mol. The highest BCUT2D eigenvalue weighted by Gasteiger charge is 2.06. The Labute approximate surface area is 130 Å². The Hall–Kier alpha value is -1.95. The van der Waals surface area contributed by atoms with E-state index in [1.54, 1.807) is 12.1 Å². The number of rotatable bonds is 6. The molecule has 0 saturated heterocycles. The van der Waals surface area contributed by atoms with Crippen molar-refractivity contribution < 1.29 is 18.0 Å². The lowest BCUT2D eigenvalue weighted by Gasteiger charge is -2.06. The predicted molar refractivity (Wildman–Crippen MR) is 80.2 cm³/mol. The Bertz CT molecular complexity index is 646. The van der Waals surface area contributed by atoms with Crippen LogP contribution < -0.4 is 5.32 Å². The zero-order valence-corrected chi connectivity index (χ0v) is 12.4. The van der Waals surface area contributed by atoms with E-state index in [1.807, 2.05) is 0 Å². The molecule has 0 bridgehead atoms. The third-order valence-corrected chi connectivity index (χ3v) is 3.90. The van der Waals surface area contributed by atoms with Gasteiger partial charge >= 0.3 is 0 Å². The van der Waals surface area contributed by atoms with Gasteiger partial charge in [-0.25, -0.2) is 13.2 Å². The Morgan fingerprint density at radius 1 is 1.00 bits per heavy atom. The van der Waals surface area contributed by atoms with Crippen molar-refractivity contribution in [2.75, 3.05) is 12.3 Å². The minimum Gasteiger partial charge on any atom is -0.355 e. The van der Waals surface area contributed by atoms with Gasteiger partial charge in [0.25, 0.3) is 0 Å². The first kappa shape index (κ1) is 16.4. The van der Waals surface area contributed by atoms with Gasteiger partial charge in [0.05, 0.1) is 5.75 Å². The molecule has 1 amide bonds. The van der Waals surface area contributed by atoms with Crippen LogP contribution in [0.2, 0.25) is 0 Å². The topological polar surface area (TPSA) is 29.1 Å². The Kier molecular flexibility index (Phi) is 5.89. The Morgan fingerprint density at radius 2 is 1.73 bits per heavy atom. The number of benzene rings is 2. The molecule has 22 heavy (non-hydrogen) atoms. The second kappa shape index (κ2) is 7.89. The Balaban J connectivity index is 1.71. The summed E-state index contributed by atoms with van der Waals surface area (Å²) in [6.45, 7) is 0.433. The lowest BCUT2D eigenvalue weighted by Crippen LogP contribution is -2.27. The molecule has 2 nitrogen and oxygen atoms in total. The van der Waals surface area contributed by atoms with E-state index in [0.717, 1.165) is 29.5 Å². The van der Waals surface area contributed by atoms with Gasteiger partial charge in [0.15, 0.2) is 11.6 Å². The van der Waals surface area contributed by atoms with Crippen molar-refractivity contribution in [3.8, 4) is 0 Å². The fourth-order valence-corrected chi connectivity index (χ4v) is 2.51. The van der Waals surface area contributed by atoms with E-state index in [2.05, 4.69) is 5.32 Å². The lowest BCUT2D eigenvalue weighted by molar-refractivity contribution is -0.118. The van der Waals surface area contributed by atoms with Crippen molar-refractivity contribution >= 4 is 17.7 Å². The maximum atomic E-state index is 13.0. The highest BCUT2D eigenvalue weighted by atomic mass is 32.2. The number of amides is 1. The average Bonchev–Trinajstić information content (AvgIpc) is 2.50. The maximum Gasteiger partial charge on any atom is 0.230 e. The van der Waals surface area contributed by atoms with Crippen LogP contribution in [0.1, 0.15) is 5.56 Å². The molecule has 0 aromatic heterocycles. The molecule has 1 N–H and O–H groups in total. The van der Waals surface area contributed by atoms with Crippen LogP contribution in [0.3, 0.4) is 0 Å². The van der Waals surface area contributed by atoms with Crippen LogP contribution in [0.4, 0.5) is 13.2 Å². The summed E-state index contributed by atoms with van der Waals surface area (Å²) in [6, 6.07) is 9.59. The van der Waals surface area contributed by atoms with Crippen molar-refractivity contribution in [1.82, 2.24) is 5.32 Å². The lowest BCUT2D eigenvalue weighted by atomic mass is 10.1.